The number of imide groups is 1. The Morgan fingerprint density at radius 3 is 3.00 bits per heavy atom. The van der Waals surface area contributed by atoms with Crippen molar-refractivity contribution in [3.8, 4) is 0 Å². The molecule has 0 spiro atoms. The number of hydrogen-bond acceptors (Lipinski definition) is 3. The number of piperidine rings is 1. The quantitative estimate of drug-likeness (QED) is 0.720. The van der Waals surface area contributed by atoms with Gasteiger partial charge in [0.25, 0.3) is 0 Å². The van der Waals surface area contributed by atoms with Crippen molar-refractivity contribution in [3.05, 3.63) is 30.1 Å². The summed E-state index contributed by atoms with van der Waals surface area (Å²) in [5.41, 5.74) is 1.03. The lowest BCUT2D eigenvalue weighted by atomic mass is 9.92. The highest BCUT2D eigenvalue weighted by Crippen LogP contribution is 2.17. The number of carbonyl (C=O) groups excluding carboxylic acids is 2. The lowest BCUT2D eigenvalue weighted by Crippen LogP contribution is -2.41. The lowest BCUT2D eigenvalue weighted by molar-refractivity contribution is -0.136. The van der Waals surface area contributed by atoms with E-state index in [1.54, 1.807) is 12.4 Å². The van der Waals surface area contributed by atoms with Crippen LogP contribution in [0.15, 0.2) is 24.5 Å². The highest BCUT2D eigenvalue weighted by atomic mass is 16.2. The van der Waals surface area contributed by atoms with E-state index in [0.717, 1.165) is 5.56 Å². The zero-order valence-electron chi connectivity index (χ0n) is 8.27. The summed E-state index contributed by atoms with van der Waals surface area (Å²) in [6, 6.07) is 3.79. The van der Waals surface area contributed by atoms with Crippen LogP contribution >= 0.6 is 0 Å². The predicted octanol–water partition coefficient (Wildman–Crippen LogP) is 0.677. The van der Waals surface area contributed by atoms with Crippen LogP contribution in [-0.4, -0.2) is 16.8 Å². The molecule has 1 aliphatic rings. The molecule has 0 saturated carbocycles. The molecule has 1 atom stereocenters. The number of nitrogens with one attached hydrogen (secondary N) is 1. The van der Waals surface area contributed by atoms with Gasteiger partial charge in [0.05, 0.1) is 0 Å². The molecule has 1 saturated heterocycles. The molecule has 1 aliphatic heterocycles. The largest absolute Gasteiger partial charge is 0.296 e. The second kappa shape index (κ2) is 4.21. The van der Waals surface area contributed by atoms with Crippen molar-refractivity contribution in [3.63, 3.8) is 0 Å². The molecule has 15 heavy (non-hydrogen) atoms. The van der Waals surface area contributed by atoms with Gasteiger partial charge in [0, 0.05) is 24.7 Å². The third kappa shape index (κ3) is 2.40. The maximum Gasteiger partial charge on any atom is 0.230 e. The molecule has 2 heterocycles. The molecular formula is C11H12N2O2. The van der Waals surface area contributed by atoms with Crippen molar-refractivity contribution in [1.82, 2.24) is 10.3 Å². The average molecular weight is 204 g/mol. The minimum Gasteiger partial charge on any atom is -0.296 e. The van der Waals surface area contributed by atoms with Crippen molar-refractivity contribution in [2.75, 3.05) is 0 Å². The van der Waals surface area contributed by atoms with Crippen LogP contribution in [0.5, 0.6) is 0 Å². The third-order valence-corrected chi connectivity index (χ3v) is 2.56. The van der Waals surface area contributed by atoms with Crippen LogP contribution in [0.3, 0.4) is 0 Å². The number of amides is 2. The fourth-order valence-corrected chi connectivity index (χ4v) is 1.74. The Balaban J connectivity index is 2.01. The number of hydrogen-bond donors (Lipinski definition) is 1. The summed E-state index contributed by atoms with van der Waals surface area (Å²) in [5.74, 6) is -0.413. The van der Waals surface area contributed by atoms with Gasteiger partial charge in [0.2, 0.25) is 11.8 Å². The molecule has 0 aliphatic carbocycles. The Kier molecular flexibility index (Phi) is 2.76. The number of aromatic nitrogens is 1. The Morgan fingerprint density at radius 1 is 1.47 bits per heavy atom. The summed E-state index contributed by atoms with van der Waals surface area (Å²) in [7, 11) is 0. The summed E-state index contributed by atoms with van der Waals surface area (Å²) in [6.07, 6.45) is 5.20. The first kappa shape index (κ1) is 9.83. The van der Waals surface area contributed by atoms with Gasteiger partial charge in [-0.2, -0.15) is 0 Å². The van der Waals surface area contributed by atoms with Gasteiger partial charge in [0.1, 0.15) is 0 Å². The van der Waals surface area contributed by atoms with Gasteiger partial charge in [-0.15, -0.1) is 0 Å². The minimum atomic E-state index is -0.164. The number of nitrogens with zero attached hydrogens (tertiary/aromatic N) is 1. The second-order valence-corrected chi connectivity index (χ2v) is 3.71. The van der Waals surface area contributed by atoms with Crippen LogP contribution in [0.2, 0.25) is 0 Å². The van der Waals surface area contributed by atoms with E-state index in [9.17, 15) is 9.59 Å². The first-order valence-electron chi connectivity index (χ1n) is 4.98. The molecule has 78 valence electrons. The van der Waals surface area contributed by atoms with Crippen molar-refractivity contribution >= 4 is 11.8 Å². The third-order valence-electron chi connectivity index (χ3n) is 2.56. The molecule has 2 amide bonds. The topological polar surface area (TPSA) is 59.1 Å². The van der Waals surface area contributed by atoms with Gasteiger partial charge in [-0.1, -0.05) is 6.07 Å². The minimum absolute atomic E-state index is 0.0908. The highest BCUT2D eigenvalue weighted by molar-refractivity contribution is 5.98. The van der Waals surface area contributed by atoms with Crippen LogP contribution in [0.25, 0.3) is 0 Å². The molecule has 1 aromatic rings. The van der Waals surface area contributed by atoms with Crippen LogP contribution < -0.4 is 5.32 Å². The normalized spacial score (nSPS) is 21.2. The van der Waals surface area contributed by atoms with E-state index in [1.165, 1.54) is 0 Å². The van der Waals surface area contributed by atoms with Crippen molar-refractivity contribution in [2.24, 2.45) is 5.92 Å². The fraction of sp³-hybridized carbons (Fsp3) is 0.364. The van der Waals surface area contributed by atoms with E-state index >= 15 is 0 Å². The molecule has 1 aromatic heterocycles. The molecule has 0 bridgehead atoms. The Hall–Kier alpha value is -1.71. The van der Waals surface area contributed by atoms with Crippen LogP contribution in [-0.2, 0) is 16.0 Å². The van der Waals surface area contributed by atoms with E-state index in [-0.39, 0.29) is 17.7 Å². The molecule has 4 heteroatoms. The van der Waals surface area contributed by atoms with E-state index in [4.69, 9.17) is 0 Å². The summed E-state index contributed by atoms with van der Waals surface area (Å²) < 4.78 is 0. The average Bonchev–Trinajstić information content (AvgIpc) is 2.24. The second-order valence-electron chi connectivity index (χ2n) is 3.71. The smallest absolute Gasteiger partial charge is 0.230 e. The summed E-state index contributed by atoms with van der Waals surface area (Å²) in [4.78, 5) is 26.4. The van der Waals surface area contributed by atoms with Crippen molar-refractivity contribution in [2.45, 2.75) is 19.3 Å². The number of pyridine rings is 1. The van der Waals surface area contributed by atoms with Gasteiger partial charge in [-0.3, -0.25) is 19.9 Å². The first-order chi connectivity index (χ1) is 7.25. The highest BCUT2D eigenvalue weighted by Gasteiger charge is 2.26. The molecule has 1 N–H and O–H groups in total. The molecular weight excluding hydrogens is 192 g/mol. The summed E-state index contributed by atoms with van der Waals surface area (Å²) in [5, 5.41) is 2.35. The number of rotatable bonds is 2. The first-order valence-corrected chi connectivity index (χ1v) is 4.98. The molecule has 0 aromatic carbocycles. The van der Waals surface area contributed by atoms with Crippen molar-refractivity contribution in [1.29, 1.82) is 0 Å². The molecule has 1 fully saturated rings. The van der Waals surface area contributed by atoms with Gasteiger partial charge in [-0.05, 0) is 24.5 Å². The van der Waals surface area contributed by atoms with Crippen LogP contribution in [0.4, 0.5) is 0 Å². The number of carbonyl (C=O) groups is 2. The van der Waals surface area contributed by atoms with E-state index in [2.05, 4.69) is 10.3 Å². The maximum absolute atomic E-state index is 11.5. The van der Waals surface area contributed by atoms with Gasteiger partial charge >= 0.3 is 0 Å². The van der Waals surface area contributed by atoms with Crippen LogP contribution in [0, 0.1) is 5.92 Å². The Labute approximate surface area is 87.7 Å². The van der Waals surface area contributed by atoms with Crippen molar-refractivity contribution < 1.29 is 9.59 Å². The maximum atomic E-state index is 11.5. The van der Waals surface area contributed by atoms with E-state index in [1.807, 2.05) is 12.1 Å². The zero-order chi connectivity index (χ0) is 10.7. The zero-order valence-corrected chi connectivity index (χ0v) is 8.27. The van der Waals surface area contributed by atoms with Gasteiger partial charge in [-0.25, -0.2) is 0 Å². The molecule has 2 rings (SSSR count). The predicted molar refractivity (Wildman–Crippen MR) is 53.8 cm³/mol. The summed E-state index contributed by atoms with van der Waals surface area (Å²) in [6.45, 7) is 0. The monoisotopic (exact) mass is 204 g/mol. The standard InChI is InChI=1S/C11H12N2O2/c14-10-4-3-9(11(15)13-10)6-8-2-1-5-12-7-8/h1-2,5,7,9H,3-4,6H2,(H,13,14,15). The van der Waals surface area contributed by atoms with E-state index in [0.29, 0.717) is 19.3 Å². The van der Waals surface area contributed by atoms with E-state index < -0.39 is 0 Å². The van der Waals surface area contributed by atoms with Gasteiger partial charge in [0.15, 0.2) is 0 Å². The molecule has 0 radical (unpaired) electrons. The summed E-state index contributed by atoms with van der Waals surface area (Å²) >= 11 is 0. The Bertz CT molecular complexity index is 375. The SMILES string of the molecule is O=C1CCC(Cc2cccnc2)C(=O)N1. The van der Waals surface area contributed by atoms with Gasteiger partial charge < -0.3 is 0 Å². The lowest BCUT2D eigenvalue weighted by Gasteiger charge is -2.20. The molecule has 4 nitrogen and oxygen atoms in total. The van der Waals surface area contributed by atoms with Crippen LogP contribution in [0.1, 0.15) is 18.4 Å². The Morgan fingerprint density at radius 2 is 2.33 bits per heavy atom. The fourth-order valence-electron chi connectivity index (χ4n) is 1.74. The molecule has 1 unspecified atom stereocenters.